The summed E-state index contributed by atoms with van der Waals surface area (Å²) < 4.78 is 4.63. The number of hydrogen-bond acceptors (Lipinski definition) is 4. The van der Waals surface area contributed by atoms with Crippen molar-refractivity contribution >= 4 is 17.7 Å². The molecule has 1 amide bonds. The summed E-state index contributed by atoms with van der Waals surface area (Å²) in [5.41, 5.74) is -0.202. The second-order valence-electron chi connectivity index (χ2n) is 2.55. The molecule has 0 saturated carbocycles. The van der Waals surface area contributed by atoms with E-state index >= 15 is 0 Å². The summed E-state index contributed by atoms with van der Waals surface area (Å²) in [6.07, 6.45) is 2.05. The third-order valence-electron chi connectivity index (χ3n) is 1.42. The van der Waals surface area contributed by atoms with Crippen LogP contribution in [0.25, 0.3) is 0 Å². The molecule has 5 heteroatoms. The van der Waals surface area contributed by atoms with Gasteiger partial charge in [-0.1, -0.05) is 6.58 Å². The van der Waals surface area contributed by atoms with Gasteiger partial charge in [0.15, 0.2) is 5.78 Å². The highest BCUT2D eigenvalue weighted by atomic mass is 16.5. The standard InChI is InChI=1S/C10H13NO4/c1-4-9(13)11-6-8(7(3)12)10(14)15-5-2/h4,6H,1,5H2,2-3H3,(H,11,13). The van der Waals surface area contributed by atoms with Crippen molar-refractivity contribution in [2.24, 2.45) is 0 Å². The van der Waals surface area contributed by atoms with Crippen molar-refractivity contribution in [3.63, 3.8) is 0 Å². The molecule has 0 spiro atoms. The van der Waals surface area contributed by atoms with Crippen molar-refractivity contribution in [1.29, 1.82) is 0 Å². The Morgan fingerprint density at radius 1 is 1.40 bits per heavy atom. The van der Waals surface area contributed by atoms with Crippen LogP contribution in [0.4, 0.5) is 0 Å². The van der Waals surface area contributed by atoms with Crippen LogP contribution in [0.2, 0.25) is 0 Å². The van der Waals surface area contributed by atoms with E-state index < -0.39 is 17.7 Å². The van der Waals surface area contributed by atoms with Gasteiger partial charge < -0.3 is 10.1 Å². The second-order valence-corrected chi connectivity index (χ2v) is 2.55. The smallest absolute Gasteiger partial charge is 0.343 e. The van der Waals surface area contributed by atoms with Crippen LogP contribution in [0.5, 0.6) is 0 Å². The quantitative estimate of drug-likeness (QED) is 0.308. The number of nitrogens with one attached hydrogen (secondary N) is 1. The molecule has 0 saturated heterocycles. The Morgan fingerprint density at radius 2 is 2.00 bits per heavy atom. The molecule has 0 fully saturated rings. The molecule has 0 aromatic rings. The molecule has 0 radical (unpaired) electrons. The Kier molecular flexibility index (Phi) is 5.70. The van der Waals surface area contributed by atoms with Gasteiger partial charge in [0.1, 0.15) is 5.57 Å². The Morgan fingerprint density at radius 3 is 2.40 bits per heavy atom. The van der Waals surface area contributed by atoms with Crippen molar-refractivity contribution in [1.82, 2.24) is 5.32 Å². The molecular weight excluding hydrogens is 198 g/mol. The van der Waals surface area contributed by atoms with Crippen molar-refractivity contribution < 1.29 is 19.1 Å². The van der Waals surface area contributed by atoms with E-state index in [1.54, 1.807) is 6.92 Å². The fraction of sp³-hybridized carbons (Fsp3) is 0.300. The van der Waals surface area contributed by atoms with Gasteiger partial charge in [-0.2, -0.15) is 0 Å². The summed E-state index contributed by atoms with van der Waals surface area (Å²) in [4.78, 5) is 33.0. The third kappa shape index (κ3) is 4.75. The summed E-state index contributed by atoms with van der Waals surface area (Å²) >= 11 is 0. The SMILES string of the molecule is C=CC(=O)NC=C(C(C)=O)C(=O)OCC. The van der Waals surface area contributed by atoms with Gasteiger partial charge in [0, 0.05) is 6.20 Å². The molecule has 15 heavy (non-hydrogen) atoms. The van der Waals surface area contributed by atoms with Crippen molar-refractivity contribution in [3.05, 3.63) is 24.4 Å². The fourth-order valence-corrected chi connectivity index (χ4v) is 0.715. The molecular formula is C10H13NO4. The first-order chi connectivity index (χ1) is 7.02. The number of esters is 1. The lowest BCUT2D eigenvalue weighted by molar-refractivity contribution is -0.139. The first kappa shape index (κ1) is 13.1. The van der Waals surface area contributed by atoms with Crippen LogP contribution in [0.1, 0.15) is 13.8 Å². The van der Waals surface area contributed by atoms with E-state index in [0.717, 1.165) is 12.3 Å². The molecule has 0 aromatic carbocycles. The van der Waals surface area contributed by atoms with Crippen LogP contribution in [-0.2, 0) is 19.1 Å². The molecule has 5 nitrogen and oxygen atoms in total. The predicted molar refractivity (Wildman–Crippen MR) is 53.7 cm³/mol. The van der Waals surface area contributed by atoms with Crippen molar-refractivity contribution in [2.75, 3.05) is 6.61 Å². The number of hydrogen-bond donors (Lipinski definition) is 1. The van der Waals surface area contributed by atoms with Gasteiger partial charge >= 0.3 is 5.97 Å². The Bertz CT molecular complexity index is 317. The number of rotatable bonds is 5. The zero-order valence-corrected chi connectivity index (χ0v) is 8.70. The Labute approximate surface area is 87.8 Å². The van der Waals surface area contributed by atoms with E-state index in [-0.39, 0.29) is 12.2 Å². The van der Waals surface area contributed by atoms with Crippen molar-refractivity contribution in [2.45, 2.75) is 13.8 Å². The van der Waals surface area contributed by atoms with Crippen LogP contribution >= 0.6 is 0 Å². The molecule has 0 unspecified atom stereocenters. The van der Waals surface area contributed by atoms with E-state index in [1.807, 2.05) is 0 Å². The van der Waals surface area contributed by atoms with Crippen LogP contribution in [-0.4, -0.2) is 24.3 Å². The maximum absolute atomic E-state index is 11.2. The number of amides is 1. The molecule has 0 aliphatic heterocycles. The van der Waals surface area contributed by atoms with Crippen molar-refractivity contribution in [3.8, 4) is 0 Å². The topological polar surface area (TPSA) is 72.5 Å². The fourth-order valence-electron chi connectivity index (χ4n) is 0.715. The molecule has 0 bridgehead atoms. The first-order valence-corrected chi connectivity index (χ1v) is 4.34. The zero-order valence-electron chi connectivity index (χ0n) is 8.70. The second kappa shape index (κ2) is 6.53. The third-order valence-corrected chi connectivity index (χ3v) is 1.42. The minimum atomic E-state index is -0.755. The minimum absolute atomic E-state index is 0.166. The lowest BCUT2D eigenvalue weighted by Crippen LogP contribution is -2.20. The van der Waals surface area contributed by atoms with E-state index in [0.29, 0.717) is 0 Å². The van der Waals surface area contributed by atoms with Gasteiger partial charge in [-0.25, -0.2) is 4.79 Å². The summed E-state index contributed by atoms with van der Waals surface area (Å²) in [5.74, 6) is -1.73. The minimum Gasteiger partial charge on any atom is -0.462 e. The summed E-state index contributed by atoms with van der Waals surface area (Å²) in [6.45, 7) is 6.22. The van der Waals surface area contributed by atoms with Crippen LogP contribution < -0.4 is 5.32 Å². The summed E-state index contributed by atoms with van der Waals surface area (Å²) in [5, 5.41) is 2.21. The van der Waals surface area contributed by atoms with Gasteiger partial charge in [-0.3, -0.25) is 9.59 Å². The monoisotopic (exact) mass is 211 g/mol. The molecule has 1 N–H and O–H groups in total. The average Bonchev–Trinajstić information content (AvgIpc) is 2.17. The van der Waals surface area contributed by atoms with Gasteiger partial charge in [0.2, 0.25) is 5.91 Å². The average molecular weight is 211 g/mol. The summed E-state index contributed by atoms with van der Waals surface area (Å²) in [6, 6.07) is 0. The number of carbonyl (C=O) groups excluding carboxylic acids is 3. The highest BCUT2D eigenvalue weighted by Crippen LogP contribution is 1.98. The lowest BCUT2D eigenvalue weighted by Gasteiger charge is -2.03. The van der Waals surface area contributed by atoms with Crippen LogP contribution in [0, 0.1) is 0 Å². The first-order valence-electron chi connectivity index (χ1n) is 4.34. The lowest BCUT2D eigenvalue weighted by atomic mass is 10.2. The molecule has 0 rings (SSSR count). The molecule has 0 aliphatic carbocycles. The number of ketones is 1. The molecule has 82 valence electrons. The largest absolute Gasteiger partial charge is 0.462 e. The maximum atomic E-state index is 11.2. The van der Waals surface area contributed by atoms with Gasteiger partial charge in [-0.15, -0.1) is 0 Å². The number of ether oxygens (including phenoxy) is 1. The van der Waals surface area contributed by atoms with Gasteiger partial charge in [-0.05, 0) is 19.9 Å². The van der Waals surface area contributed by atoms with Crippen LogP contribution in [0.3, 0.4) is 0 Å². The molecule has 0 aromatic heterocycles. The normalized spacial score (nSPS) is 10.4. The highest BCUT2D eigenvalue weighted by molar-refractivity contribution is 6.16. The number of carbonyl (C=O) groups is 3. The Balaban J connectivity index is 4.65. The van der Waals surface area contributed by atoms with E-state index in [2.05, 4.69) is 16.6 Å². The summed E-state index contributed by atoms with van der Waals surface area (Å²) in [7, 11) is 0. The predicted octanol–water partition coefficient (Wildman–Crippen LogP) is 0.325. The molecule has 0 atom stereocenters. The Hall–Kier alpha value is -1.91. The van der Waals surface area contributed by atoms with Gasteiger partial charge in [0.25, 0.3) is 0 Å². The zero-order chi connectivity index (χ0) is 11.8. The molecule has 0 heterocycles. The maximum Gasteiger partial charge on any atom is 0.343 e. The van der Waals surface area contributed by atoms with E-state index in [9.17, 15) is 14.4 Å². The van der Waals surface area contributed by atoms with E-state index in [4.69, 9.17) is 0 Å². The highest BCUT2D eigenvalue weighted by Gasteiger charge is 2.15. The molecule has 0 aliphatic rings. The van der Waals surface area contributed by atoms with E-state index in [1.165, 1.54) is 6.92 Å². The number of Topliss-reactive ketones (excluding diaryl/α,β-unsaturated/α-hetero) is 1. The van der Waals surface area contributed by atoms with Crippen LogP contribution in [0.15, 0.2) is 24.4 Å². The van der Waals surface area contributed by atoms with Gasteiger partial charge in [0.05, 0.1) is 6.61 Å².